The lowest BCUT2D eigenvalue weighted by Crippen LogP contribution is -2.49. The lowest BCUT2D eigenvalue weighted by molar-refractivity contribution is -0.137. The molecule has 0 spiro atoms. The first kappa shape index (κ1) is 24.2. The van der Waals surface area contributed by atoms with Gasteiger partial charge in [0.1, 0.15) is 6.61 Å². The first-order valence-electron chi connectivity index (χ1n) is 9.47. The molecule has 0 saturated carbocycles. The largest absolute Gasteiger partial charge is 0.476 e. The number of halogens is 4. The summed E-state index contributed by atoms with van der Waals surface area (Å²) in [5.41, 5.74) is -0.796. The minimum absolute atomic E-state index is 0. The molecule has 1 aliphatic rings. The van der Waals surface area contributed by atoms with Crippen molar-refractivity contribution in [3.8, 4) is 5.88 Å². The molecule has 2 unspecified atom stereocenters. The van der Waals surface area contributed by atoms with Gasteiger partial charge in [0.15, 0.2) is 5.96 Å². The maximum atomic E-state index is 12.6. The van der Waals surface area contributed by atoms with Gasteiger partial charge in [-0.25, -0.2) is 9.97 Å². The highest BCUT2D eigenvalue weighted by molar-refractivity contribution is 14.0. The Morgan fingerprint density at radius 3 is 2.77 bits per heavy atom. The molecule has 3 rings (SSSR count). The third kappa shape index (κ3) is 6.22. The number of nitrogens with one attached hydrogen (secondary N) is 1. The second kappa shape index (κ2) is 10.8. The summed E-state index contributed by atoms with van der Waals surface area (Å²) < 4.78 is 45.2. The van der Waals surface area contributed by atoms with Crippen LogP contribution in [0, 0.1) is 5.92 Å². The third-order valence-electron chi connectivity index (χ3n) is 5.04. The SMILES string of the molecule is CN=C(NCCOc1ccc(C(F)(F)F)cn1)N1CCC(C)C(n2ccnc2)C1.I. The average molecular weight is 538 g/mol. The Balaban J connectivity index is 0.00000320. The zero-order valence-electron chi connectivity index (χ0n) is 16.8. The van der Waals surface area contributed by atoms with Gasteiger partial charge in [-0.05, 0) is 18.4 Å². The minimum Gasteiger partial charge on any atom is -0.476 e. The number of ether oxygens (including phenoxy) is 1. The van der Waals surface area contributed by atoms with Crippen LogP contribution in [-0.4, -0.2) is 58.7 Å². The van der Waals surface area contributed by atoms with Gasteiger partial charge in [-0.1, -0.05) is 6.92 Å². The Labute approximate surface area is 190 Å². The summed E-state index contributed by atoms with van der Waals surface area (Å²) in [5.74, 6) is 1.46. The van der Waals surface area contributed by atoms with Crippen LogP contribution in [0.4, 0.5) is 13.2 Å². The Kier molecular flexibility index (Phi) is 8.74. The molecule has 0 radical (unpaired) electrons. The Hall–Kier alpha value is -2.05. The van der Waals surface area contributed by atoms with Crippen LogP contribution in [0.2, 0.25) is 0 Å². The minimum atomic E-state index is -4.40. The molecule has 1 fully saturated rings. The Morgan fingerprint density at radius 1 is 1.37 bits per heavy atom. The highest BCUT2D eigenvalue weighted by Crippen LogP contribution is 2.29. The van der Waals surface area contributed by atoms with E-state index in [0.29, 0.717) is 18.5 Å². The van der Waals surface area contributed by atoms with E-state index in [2.05, 4.69) is 36.7 Å². The van der Waals surface area contributed by atoms with Gasteiger partial charge in [0, 0.05) is 44.8 Å². The lowest BCUT2D eigenvalue weighted by atomic mass is 9.93. The summed E-state index contributed by atoms with van der Waals surface area (Å²) in [6, 6.07) is 2.50. The highest BCUT2D eigenvalue weighted by Gasteiger charge is 2.31. The van der Waals surface area contributed by atoms with E-state index in [1.54, 1.807) is 13.2 Å². The fourth-order valence-electron chi connectivity index (χ4n) is 3.38. The van der Waals surface area contributed by atoms with Crippen molar-refractivity contribution in [2.75, 3.05) is 33.3 Å². The van der Waals surface area contributed by atoms with Gasteiger partial charge in [0.25, 0.3) is 0 Å². The standard InChI is InChI=1S/C19H25F3N6O.HI/c1-14-5-8-27(12-16(14)28-9-6-24-13-28)18(23-2)25-7-10-29-17-4-3-15(11-26-17)19(20,21)22;/h3-4,6,9,11,13-14,16H,5,7-8,10,12H2,1-2H3,(H,23,25);1H. The van der Waals surface area contributed by atoms with E-state index in [1.807, 2.05) is 12.5 Å². The fourth-order valence-corrected chi connectivity index (χ4v) is 3.38. The third-order valence-corrected chi connectivity index (χ3v) is 5.04. The number of alkyl halides is 3. The molecule has 2 atom stereocenters. The van der Waals surface area contributed by atoms with Crippen molar-refractivity contribution >= 4 is 29.9 Å². The molecule has 7 nitrogen and oxygen atoms in total. The van der Waals surface area contributed by atoms with Crippen molar-refractivity contribution in [3.63, 3.8) is 0 Å². The maximum Gasteiger partial charge on any atom is 0.417 e. The van der Waals surface area contributed by atoms with Gasteiger partial charge in [-0.15, -0.1) is 24.0 Å². The number of rotatable bonds is 5. The predicted molar refractivity (Wildman–Crippen MR) is 118 cm³/mol. The molecule has 3 heterocycles. The van der Waals surface area contributed by atoms with Crippen LogP contribution in [-0.2, 0) is 6.18 Å². The summed E-state index contributed by atoms with van der Waals surface area (Å²) in [4.78, 5) is 14.4. The molecule has 1 aliphatic heterocycles. The van der Waals surface area contributed by atoms with Crippen molar-refractivity contribution in [3.05, 3.63) is 42.6 Å². The molecule has 0 aliphatic carbocycles. The fraction of sp³-hybridized carbons (Fsp3) is 0.526. The number of pyridine rings is 1. The van der Waals surface area contributed by atoms with Gasteiger partial charge in [0.05, 0.1) is 24.5 Å². The summed E-state index contributed by atoms with van der Waals surface area (Å²) in [6.45, 7) is 4.67. The van der Waals surface area contributed by atoms with Gasteiger partial charge in [-0.3, -0.25) is 4.99 Å². The molecule has 0 aromatic carbocycles. The summed E-state index contributed by atoms with van der Waals surface area (Å²) >= 11 is 0. The van der Waals surface area contributed by atoms with E-state index < -0.39 is 11.7 Å². The number of guanidine groups is 1. The van der Waals surface area contributed by atoms with Crippen LogP contribution in [0.15, 0.2) is 42.0 Å². The van der Waals surface area contributed by atoms with Crippen LogP contribution in [0.25, 0.3) is 0 Å². The summed E-state index contributed by atoms with van der Waals surface area (Å²) in [5, 5.41) is 3.24. The van der Waals surface area contributed by atoms with Gasteiger partial charge in [0.2, 0.25) is 5.88 Å². The van der Waals surface area contributed by atoms with E-state index in [1.165, 1.54) is 6.07 Å². The van der Waals surface area contributed by atoms with E-state index in [4.69, 9.17) is 4.74 Å². The second-order valence-electron chi connectivity index (χ2n) is 6.99. The van der Waals surface area contributed by atoms with Gasteiger partial charge in [-0.2, -0.15) is 13.2 Å². The first-order valence-corrected chi connectivity index (χ1v) is 9.47. The average Bonchev–Trinajstić information content (AvgIpc) is 3.23. The molecule has 2 aromatic rings. The maximum absolute atomic E-state index is 12.6. The Bertz CT molecular complexity index is 798. The van der Waals surface area contributed by atoms with Crippen LogP contribution in [0.3, 0.4) is 0 Å². The van der Waals surface area contributed by atoms with Crippen LogP contribution in [0.1, 0.15) is 24.9 Å². The zero-order chi connectivity index (χ0) is 20.9. The van der Waals surface area contributed by atoms with Crippen LogP contribution in [0.5, 0.6) is 5.88 Å². The van der Waals surface area contributed by atoms with Crippen LogP contribution < -0.4 is 10.1 Å². The van der Waals surface area contributed by atoms with E-state index >= 15 is 0 Å². The number of nitrogens with zero attached hydrogens (tertiary/aromatic N) is 5. The first-order chi connectivity index (χ1) is 13.9. The highest BCUT2D eigenvalue weighted by atomic mass is 127. The molecule has 0 bridgehead atoms. The normalized spacial score (nSPS) is 19.9. The number of hydrogen-bond acceptors (Lipinski definition) is 4. The number of likely N-dealkylation sites (tertiary alicyclic amines) is 1. The van der Waals surface area contributed by atoms with E-state index in [0.717, 1.165) is 37.7 Å². The molecular formula is C19H26F3IN6O. The quantitative estimate of drug-likeness (QED) is 0.274. The molecule has 1 N–H and O–H groups in total. The molecule has 30 heavy (non-hydrogen) atoms. The number of aliphatic imine (C=N–C) groups is 1. The van der Waals surface area contributed by atoms with Crippen molar-refractivity contribution < 1.29 is 17.9 Å². The second-order valence-corrected chi connectivity index (χ2v) is 6.99. The van der Waals surface area contributed by atoms with E-state index in [9.17, 15) is 13.2 Å². The molecule has 11 heteroatoms. The molecule has 166 valence electrons. The van der Waals surface area contributed by atoms with E-state index in [-0.39, 0.29) is 36.5 Å². The smallest absolute Gasteiger partial charge is 0.417 e. The molecule has 1 saturated heterocycles. The summed E-state index contributed by atoms with van der Waals surface area (Å²) in [6.07, 6.45) is 3.01. The van der Waals surface area contributed by atoms with Crippen molar-refractivity contribution in [2.45, 2.75) is 25.6 Å². The Morgan fingerprint density at radius 2 is 2.17 bits per heavy atom. The van der Waals surface area contributed by atoms with Gasteiger partial charge < -0.3 is 19.5 Å². The van der Waals surface area contributed by atoms with Crippen molar-refractivity contribution in [2.24, 2.45) is 10.9 Å². The number of imidazole rings is 1. The number of hydrogen-bond donors (Lipinski definition) is 1. The monoisotopic (exact) mass is 538 g/mol. The number of aromatic nitrogens is 3. The van der Waals surface area contributed by atoms with Crippen LogP contribution >= 0.6 is 24.0 Å². The van der Waals surface area contributed by atoms with Crippen molar-refractivity contribution in [1.29, 1.82) is 0 Å². The van der Waals surface area contributed by atoms with Crippen molar-refractivity contribution in [1.82, 2.24) is 24.8 Å². The lowest BCUT2D eigenvalue weighted by Gasteiger charge is -2.39. The molecular weight excluding hydrogens is 512 g/mol. The molecule has 0 amide bonds. The molecule has 2 aromatic heterocycles. The topological polar surface area (TPSA) is 67.6 Å². The van der Waals surface area contributed by atoms with Gasteiger partial charge >= 0.3 is 6.18 Å². The number of piperidine rings is 1. The summed E-state index contributed by atoms with van der Waals surface area (Å²) in [7, 11) is 1.73. The predicted octanol–water partition coefficient (Wildman–Crippen LogP) is 3.45. The zero-order valence-corrected chi connectivity index (χ0v) is 19.2.